The van der Waals surface area contributed by atoms with Gasteiger partial charge in [-0.05, 0) is 55.9 Å². The van der Waals surface area contributed by atoms with E-state index in [-0.39, 0.29) is 18.0 Å². The van der Waals surface area contributed by atoms with Crippen LogP contribution in [-0.2, 0) is 17.8 Å². The molecule has 1 atom stereocenters. The van der Waals surface area contributed by atoms with Gasteiger partial charge in [0.05, 0.1) is 6.04 Å². The SMILES string of the molecule is CN1C(=O)/C=C/CCNc2cc(F)ccc2CCC(=O)c2nc3n(c(=O)c2O)CCCCC31. The molecule has 0 fully saturated rings. The summed E-state index contributed by atoms with van der Waals surface area (Å²) in [5.41, 5.74) is 0.349. The fourth-order valence-corrected chi connectivity index (χ4v) is 4.37. The van der Waals surface area contributed by atoms with Crippen molar-refractivity contribution in [3.8, 4) is 5.75 Å². The van der Waals surface area contributed by atoms with Crippen molar-refractivity contribution >= 4 is 17.4 Å². The molecule has 0 saturated heterocycles. The molecule has 4 rings (SSSR count). The van der Waals surface area contributed by atoms with Crippen LogP contribution in [0.4, 0.5) is 10.1 Å². The minimum Gasteiger partial charge on any atom is -0.501 e. The molecule has 1 amide bonds. The highest BCUT2D eigenvalue weighted by Gasteiger charge is 2.30. The molecule has 0 spiro atoms. The second kappa shape index (κ2) is 9.56. The molecule has 174 valence electrons. The largest absolute Gasteiger partial charge is 0.501 e. The number of halogens is 1. The summed E-state index contributed by atoms with van der Waals surface area (Å²) in [5, 5.41) is 13.7. The van der Waals surface area contributed by atoms with Crippen molar-refractivity contribution in [3.63, 3.8) is 0 Å². The Labute approximate surface area is 190 Å². The second-order valence-electron chi connectivity index (χ2n) is 8.43. The first-order valence-corrected chi connectivity index (χ1v) is 11.2. The maximum absolute atomic E-state index is 13.8. The molecular weight excluding hydrogens is 427 g/mol. The number of fused-ring (bicyclic) bond motifs is 2. The molecule has 2 bridgehead atoms. The number of likely N-dealkylation sites (N-methyl/N-ethyl adjacent to an activating group) is 1. The van der Waals surface area contributed by atoms with E-state index in [4.69, 9.17) is 0 Å². The van der Waals surface area contributed by atoms with Crippen molar-refractivity contribution in [1.29, 1.82) is 0 Å². The number of benzene rings is 1. The number of rotatable bonds is 0. The fraction of sp³-hybridized carbons (Fsp3) is 0.417. The van der Waals surface area contributed by atoms with Crippen molar-refractivity contribution in [2.24, 2.45) is 0 Å². The predicted octanol–water partition coefficient (Wildman–Crippen LogP) is 2.96. The van der Waals surface area contributed by atoms with E-state index in [2.05, 4.69) is 10.3 Å². The van der Waals surface area contributed by atoms with Crippen LogP contribution in [0.5, 0.6) is 5.75 Å². The van der Waals surface area contributed by atoms with E-state index in [1.54, 1.807) is 19.2 Å². The van der Waals surface area contributed by atoms with E-state index >= 15 is 0 Å². The summed E-state index contributed by atoms with van der Waals surface area (Å²) in [6.07, 6.45) is 6.12. The topological polar surface area (TPSA) is 105 Å². The first-order chi connectivity index (χ1) is 15.9. The average Bonchev–Trinajstić information content (AvgIpc) is 3.01. The van der Waals surface area contributed by atoms with Gasteiger partial charge in [0.2, 0.25) is 11.7 Å². The highest BCUT2D eigenvalue weighted by molar-refractivity contribution is 5.96. The number of Topliss-reactive ketones (excluding diaryl/α,β-unsaturated/α-hetero) is 1. The third-order valence-electron chi connectivity index (χ3n) is 6.24. The molecule has 8 nitrogen and oxygen atoms in total. The number of amides is 1. The summed E-state index contributed by atoms with van der Waals surface area (Å²) in [6.45, 7) is 0.852. The summed E-state index contributed by atoms with van der Waals surface area (Å²) in [7, 11) is 1.65. The number of carbonyl (C=O) groups excluding carboxylic acids is 2. The number of nitrogens with one attached hydrogen (secondary N) is 1. The molecule has 1 aromatic carbocycles. The zero-order valence-corrected chi connectivity index (χ0v) is 18.5. The van der Waals surface area contributed by atoms with Crippen molar-refractivity contribution in [2.75, 3.05) is 18.9 Å². The molecule has 2 aliphatic rings. The van der Waals surface area contributed by atoms with Crippen LogP contribution in [0.2, 0.25) is 0 Å². The van der Waals surface area contributed by atoms with E-state index in [0.717, 1.165) is 12.0 Å². The second-order valence-corrected chi connectivity index (χ2v) is 8.43. The highest BCUT2D eigenvalue weighted by Crippen LogP contribution is 2.29. The van der Waals surface area contributed by atoms with Crippen molar-refractivity contribution in [2.45, 2.75) is 51.1 Å². The Bertz CT molecular complexity index is 1170. The first kappa shape index (κ1) is 22.7. The average molecular weight is 455 g/mol. The number of nitrogens with zero attached hydrogens (tertiary/aromatic N) is 3. The number of aromatic nitrogens is 2. The molecule has 2 aromatic rings. The molecule has 9 heteroatoms. The quantitative estimate of drug-likeness (QED) is 0.634. The molecule has 1 aromatic heterocycles. The zero-order valence-electron chi connectivity index (χ0n) is 18.5. The van der Waals surface area contributed by atoms with Crippen molar-refractivity contribution < 1.29 is 19.1 Å². The van der Waals surface area contributed by atoms with Gasteiger partial charge in [0.15, 0.2) is 11.5 Å². The first-order valence-electron chi connectivity index (χ1n) is 11.2. The zero-order chi connectivity index (χ0) is 23.5. The van der Waals surface area contributed by atoms with Gasteiger partial charge >= 0.3 is 0 Å². The highest BCUT2D eigenvalue weighted by atomic mass is 19.1. The van der Waals surface area contributed by atoms with Crippen molar-refractivity contribution in [1.82, 2.24) is 14.5 Å². The van der Waals surface area contributed by atoms with Gasteiger partial charge in [-0.1, -0.05) is 12.1 Å². The number of hydrogen-bond acceptors (Lipinski definition) is 6. The Morgan fingerprint density at radius 2 is 2.00 bits per heavy atom. The Hall–Kier alpha value is -3.49. The van der Waals surface area contributed by atoms with Gasteiger partial charge < -0.3 is 15.3 Å². The molecule has 2 aliphatic heterocycles. The normalized spacial score (nSPS) is 20.5. The third-order valence-corrected chi connectivity index (χ3v) is 6.24. The maximum Gasteiger partial charge on any atom is 0.296 e. The summed E-state index contributed by atoms with van der Waals surface area (Å²) >= 11 is 0. The molecule has 3 heterocycles. The molecule has 1 unspecified atom stereocenters. The number of ketones is 1. The molecule has 0 radical (unpaired) electrons. The Kier molecular flexibility index (Phi) is 6.57. The van der Waals surface area contributed by atoms with Crippen LogP contribution in [0.1, 0.15) is 60.0 Å². The van der Waals surface area contributed by atoms with Crippen molar-refractivity contribution in [3.05, 3.63) is 63.6 Å². The van der Waals surface area contributed by atoms with Gasteiger partial charge in [-0.2, -0.15) is 0 Å². The van der Waals surface area contributed by atoms with Gasteiger partial charge in [0.1, 0.15) is 11.6 Å². The third kappa shape index (κ3) is 4.67. The van der Waals surface area contributed by atoms with Crippen LogP contribution in [0.15, 0.2) is 35.1 Å². The summed E-state index contributed by atoms with van der Waals surface area (Å²) in [5.74, 6) is -1.48. The van der Waals surface area contributed by atoms with Gasteiger partial charge in [-0.25, -0.2) is 9.37 Å². The number of aromatic hydroxyl groups is 1. The van der Waals surface area contributed by atoms with E-state index in [1.807, 2.05) is 0 Å². The molecule has 0 aliphatic carbocycles. The fourth-order valence-electron chi connectivity index (χ4n) is 4.37. The Balaban J connectivity index is 1.80. The molecule has 0 saturated carbocycles. The standard InChI is InChI=1S/C24H27FN4O4/c1-28-18-6-3-5-13-29-23(18)27-21(22(32)24(29)33)19(30)11-9-15-8-10-16(25)14-17(15)26-12-4-2-7-20(28)31/h2,7-8,10,14,18,26,32H,3-6,9,11-13H2,1H3/b7-2+. The number of anilines is 1. The summed E-state index contributed by atoms with van der Waals surface area (Å²) < 4.78 is 15.2. The minimum atomic E-state index is -0.670. The number of carbonyl (C=O) groups is 2. The summed E-state index contributed by atoms with van der Waals surface area (Å²) in [4.78, 5) is 44.7. The molecule has 2 N–H and O–H groups in total. The number of hydrogen-bond donors (Lipinski definition) is 2. The van der Waals surface area contributed by atoms with E-state index < -0.39 is 29.0 Å². The van der Waals surface area contributed by atoms with Crippen LogP contribution in [0.25, 0.3) is 0 Å². The lowest BCUT2D eigenvalue weighted by atomic mass is 10.0. The minimum absolute atomic E-state index is 0.0108. The smallest absolute Gasteiger partial charge is 0.296 e. The maximum atomic E-state index is 13.8. The van der Waals surface area contributed by atoms with Gasteiger partial charge in [-0.15, -0.1) is 0 Å². The monoisotopic (exact) mass is 454 g/mol. The lowest BCUT2D eigenvalue weighted by Gasteiger charge is -2.27. The van der Waals surface area contributed by atoms with E-state index in [0.29, 0.717) is 50.3 Å². The van der Waals surface area contributed by atoms with Gasteiger partial charge in [-0.3, -0.25) is 19.0 Å². The predicted molar refractivity (Wildman–Crippen MR) is 121 cm³/mol. The molecular formula is C24H27FN4O4. The van der Waals surface area contributed by atoms with Gasteiger partial charge in [0.25, 0.3) is 5.56 Å². The van der Waals surface area contributed by atoms with Crippen LogP contribution in [0, 0.1) is 5.82 Å². The van der Waals surface area contributed by atoms with Crippen LogP contribution in [0.3, 0.4) is 0 Å². The molecule has 33 heavy (non-hydrogen) atoms. The number of aryl methyl sites for hydroxylation is 1. The van der Waals surface area contributed by atoms with Crippen LogP contribution in [-0.4, -0.2) is 44.8 Å². The van der Waals surface area contributed by atoms with E-state index in [1.165, 1.54) is 27.7 Å². The Morgan fingerprint density at radius 1 is 1.18 bits per heavy atom. The lowest BCUT2D eigenvalue weighted by molar-refractivity contribution is -0.127. The lowest BCUT2D eigenvalue weighted by Crippen LogP contribution is -2.35. The van der Waals surface area contributed by atoms with E-state index in [9.17, 15) is 23.9 Å². The van der Waals surface area contributed by atoms with Gasteiger partial charge in [0, 0.05) is 32.2 Å². The van der Waals surface area contributed by atoms with Crippen LogP contribution >= 0.6 is 0 Å². The summed E-state index contributed by atoms with van der Waals surface area (Å²) in [6, 6.07) is 3.81. The van der Waals surface area contributed by atoms with Crippen LogP contribution < -0.4 is 10.9 Å². The Morgan fingerprint density at radius 3 is 2.82 bits per heavy atom.